The van der Waals surface area contributed by atoms with Crippen LogP contribution < -0.4 is 20.3 Å². The van der Waals surface area contributed by atoms with E-state index < -0.39 is 0 Å². The molecule has 1 saturated carbocycles. The highest BCUT2D eigenvalue weighted by Crippen LogP contribution is 2.25. The summed E-state index contributed by atoms with van der Waals surface area (Å²) in [6, 6.07) is 14.9. The number of nitrogens with one attached hydrogen (secondary N) is 2. The Kier molecular flexibility index (Phi) is 7.30. The lowest BCUT2D eigenvalue weighted by Gasteiger charge is -2.19. The number of anilines is 2. The van der Waals surface area contributed by atoms with E-state index in [1.807, 2.05) is 37.3 Å². The fraction of sp³-hybridized carbons (Fsp3) is 0.462. The zero-order valence-corrected chi connectivity index (χ0v) is 18.8. The standard InChI is InChI=1S/C26H33N3O3/c1-19(17-25(30)28-21-7-6-8-22(18-21)29-15-4-5-16-29)27-26(31)20-11-13-24(14-12-20)32-23-9-2-3-10-23/h6-8,11-14,18-19,23H,2-5,9-10,15-17H2,1H3,(H,27,31)(H,28,30). The van der Waals surface area contributed by atoms with Crippen molar-refractivity contribution in [1.29, 1.82) is 0 Å². The number of hydrogen-bond acceptors (Lipinski definition) is 4. The first-order valence-electron chi connectivity index (χ1n) is 11.8. The van der Waals surface area contributed by atoms with E-state index in [0.29, 0.717) is 11.7 Å². The summed E-state index contributed by atoms with van der Waals surface area (Å²) in [5.74, 6) is 0.502. The molecule has 6 nitrogen and oxygen atoms in total. The van der Waals surface area contributed by atoms with E-state index in [2.05, 4.69) is 21.6 Å². The predicted octanol–water partition coefficient (Wildman–Crippen LogP) is 4.76. The molecular weight excluding hydrogens is 402 g/mol. The number of hydrogen-bond donors (Lipinski definition) is 2. The molecule has 1 unspecified atom stereocenters. The van der Waals surface area contributed by atoms with Crippen LogP contribution in [0.5, 0.6) is 5.75 Å². The highest BCUT2D eigenvalue weighted by molar-refractivity contribution is 5.96. The van der Waals surface area contributed by atoms with Gasteiger partial charge in [0, 0.05) is 42.5 Å². The third-order valence-electron chi connectivity index (χ3n) is 6.19. The van der Waals surface area contributed by atoms with E-state index in [1.54, 1.807) is 12.1 Å². The normalized spacial score (nSPS) is 17.2. The summed E-state index contributed by atoms with van der Waals surface area (Å²) >= 11 is 0. The second-order valence-electron chi connectivity index (χ2n) is 8.92. The van der Waals surface area contributed by atoms with Crippen molar-refractivity contribution in [3.8, 4) is 5.75 Å². The van der Waals surface area contributed by atoms with Crippen LogP contribution in [-0.2, 0) is 4.79 Å². The van der Waals surface area contributed by atoms with Crippen molar-refractivity contribution < 1.29 is 14.3 Å². The molecule has 0 aromatic heterocycles. The molecule has 1 aliphatic heterocycles. The molecule has 0 bridgehead atoms. The molecule has 2 N–H and O–H groups in total. The minimum atomic E-state index is -0.279. The molecule has 2 aliphatic rings. The molecule has 2 fully saturated rings. The summed E-state index contributed by atoms with van der Waals surface area (Å²) in [6.07, 6.45) is 7.58. The van der Waals surface area contributed by atoms with Crippen LogP contribution in [0.25, 0.3) is 0 Å². The van der Waals surface area contributed by atoms with Gasteiger partial charge in [0.1, 0.15) is 5.75 Å². The van der Waals surface area contributed by atoms with Gasteiger partial charge in [-0.1, -0.05) is 6.07 Å². The van der Waals surface area contributed by atoms with Crippen LogP contribution in [0.2, 0.25) is 0 Å². The van der Waals surface area contributed by atoms with E-state index in [1.165, 1.54) is 25.7 Å². The van der Waals surface area contributed by atoms with Gasteiger partial charge < -0.3 is 20.3 Å². The zero-order valence-electron chi connectivity index (χ0n) is 18.8. The molecule has 1 aliphatic carbocycles. The lowest BCUT2D eigenvalue weighted by molar-refractivity contribution is -0.116. The number of benzene rings is 2. The van der Waals surface area contributed by atoms with Gasteiger partial charge in [0.25, 0.3) is 5.91 Å². The number of ether oxygens (including phenoxy) is 1. The molecule has 6 heteroatoms. The lowest BCUT2D eigenvalue weighted by atomic mass is 10.1. The van der Waals surface area contributed by atoms with Crippen molar-refractivity contribution in [2.24, 2.45) is 0 Å². The van der Waals surface area contributed by atoms with Gasteiger partial charge in [-0.25, -0.2) is 0 Å². The van der Waals surface area contributed by atoms with Crippen molar-refractivity contribution in [3.05, 3.63) is 54.1 Å². The Bertz CT molecular complexity index is 916. The molecule has 2 amide bonds. The van der Waals surface area contributed by atoms with Gasteiger partial charge in [-0.05, 0) is 87.9 Å². The van der Waals surface area contributed by atoms with Gasteiger partial charge in [0.05, 0.1) is 6.10 Å². The number of amides is 2. The van der Waals surface area contributed by atoms with Crippen LogP contribution in [0.15, 0.2) is 48.5 Å². The largest absolute Gasteiger partial charge is 0.490 e. The van der Waals surface area contributed by atoms with Crippen molar-refractivity contribution in [2.45, 2.75) is 64.0 Å². The van der Waals surface area contributed by atoms with Crippen LogP contribution in [0.4, 0.5) is 11.4 Å². The number of nitrogens with zero attached hydrogens (tertiary/aromatic N) is 1. The highest BCUT2D eigenvalue weighted by atomic mass is 16.5. The molecule has 1 saturated heterocycles. The highest BCUT2D eigenvalue weighted by Gasteiger charge is 2.18. The Morgan fingerprint density at radius 2 is 1.75 bits per heavy atom. The fourth-order valence-corrected chi connectivity index (χ4v) is 4.49. The van der Waals surface area contributed by atoms with Gasteiger partial charge in [0.15, 0.2) is 0 Å². The maximum atomic E-state index is 12.6. The summed E-state index contributed by atoms with van der Waals surface area (Å²) in [6.45, 7) is 3.97. The molecule has 1 heterocycles. The summed E-state index contributed by atoms with van der Waals surface area (Å²) in [7, 11) is 0. The van der Waals surface area contributed by atoms with Crippen molar-refractivity contribution >= 4 is 23.2 Å². The molecule has 1 atom stereocenters. The maximum absolute atomic E-state index is 12.6. The second-order valence-corrected chi connectivity index (χ2v) is 8.92. The summed E-state index contributed by atoms with van der Waals surface area (Å²) in [5.41, 5.74) is 2.49. The lowest BCUT2D eigenvalue weighted by Crippen LogP contribution is -2.35. The molecule has 170 valence electrons. The van der Waals surface area contributed by atoms with Gasteiger partial charge >= 0.3 is 0 Å². The van der Waals surface area contributed by atoms with E-state index in [9.17, 15) is 9.59 Å². The molecule has 4 rings (SSSR count). The molecule has 0 spiro atoms. The van der Waals surface area contributed by atoms with E-state index in [0.717, 1.165) is 43.1 Å². The Labute approximate surface area is 190 Å². The Morgan fingerprint density at radius 1 is 1.03 bits per heavy atom. The van der Waals surface area contributed by atoms with E-state index in [-0.39, 0.29) is 24.3 Å². The Morgan fingerprint density at radius 3 is 2.47 bits per heavy atom. The van der Waals surface area contributed by atoms with Crippen molar-refractivity contribution in [2.75, 3.05) is 23.3 Å². The van der Waals surface area contributed by atoms with Crippen LogP contribution >= 0.6 is 0 Å². The van der Waals surface area contributed by atoms with Crippen molar-refractivity contribution in [3.63, 3.8) is 0 Å². The average Bonchev–Trinajstić information content (AvgIpc) is 3.49. The molecule has 2 aromatic rings. The van der Waals surface area contributed by atoms with Crippen molar-refractivity contribution in [1.82, 2.24) is 5.32 Å². The first-order valence-corrected chi connectivity index (χ1v) is 11.8. The number of carbonyl (C=O) groups is 2. The minimum absolute atomic E-state index is 0.114. The molecule has 32 heavy (non-hydrogen) atoms. The third kappa shape index (κ3) is 6.02. The maximum Gasteiger partial charge on any atom is 0.251 e. The number of rotatable bonds is 8. The third-order valence-corrected chi connectivity index (χ3v) is 6.19. The molecule has 0 radical (unpaired) electrons. The molecular formula is C26H33N3O3. The van der Waals surface area contributed by atoms with E-state index >= 15 is 0 Å². The van der Waals surface area contributed by atoms with Gasteiger partial charge in [0.2, 0.25) is 5.91 Å². The summed E-state index contributed by atoms with van der Waals surface area (Å²) in [4.78, 5) is 27.4. The number of carbonyl (C=O) groups excluding carboxylic acids is 2. The second kappa shape index (κ2) is 10.5. The minimum Gasteiger partial charge on any atom is -0.490 e. The fourth-order valence-electron chi connectivity index (χ4n) is 4.49. The first kappa shape index (κ1) is 22.2. The predicted molar refractivity (Wildman–Crippen MR) is 127 cm³/mol. The summed E-state index contributed by atoms with van der Waals surface area (Å²) < 4.78 is 5.95. The van der Waals surface area contributed by atoms with Gasteiger partial charge in [-0.2, -0.15) is 0 Å². The average molecular weight is 436 g/mol. The quantitative estimate of drug-likeness (QED) is 0.627. The zero-order chi connectivity index (χ0) is 22.3. The van der Waals surface area contributed by atoms with Gasteiger partial charge in [-0.3, -0.25) is 9.59 Å². The monoisotopic (exact) mass is 435 g/mol. The van der Waals surface area contributed by atoms with Crippen LogP contribution in [0.3, 0.4) is 0 Å². The van der Waals surface area contributed by atoms with Gasteiger partial charge in [-0.15, -0.1) is 0 Å². The molecule has 2 aromatic carbocycles. The van der Waals surface area contributed by atoms with E-state index in [4.69, 9.17) is 4.74 Å². The van der Waals surface area contributed by atoms with Crippen LogP contribution in [0.1, 0.15) is 62.2 Å². The SMILES string of the molecule is CC(CC(=O)Nc1cccc(N2CCCC2)c1)NC(=O)c1ccc(OC2CCCC2)cc1. The Hall–Kier alpha value is -3.02. The smallest absolute Gasteiger partial charge is 0.251 e. The summed E-state index contributed by atoms with van der Waals surface area (Å²) in [5, 5.41) is 5.87. The Balaban J connectivity index is 1.24. The first-order chi connectivity index (χ1) is 15.6. The topological polar surface area (TPSA) is 70.7 Å². The van der Waals surface area contributed by atoms with Crippen LogP contribution in [-0.4, -0.2) is 37.0 Å². The van der Waals surface area contributed by atoms with Crippen LogP contribution in [0, 0.1) is 0 Å².